The first-order chi connectivity index (χ1) is 18.0. The zero-order valence-electron chi connectivity index (χ0n) is 19.6. The Kier molecular flexibility index (Phi) is 6.27. The van der Waals surface area contributed by atoms with Gasteiger partial charge in [0, 0.05) is 39.4 Å². The van der Waals surface area contributed by atoms with Crippen LogP contribution < -0.4 is 0 Å². The van der Waals surface area contributed by atoms with Crippen molar-refractivity contribution in [2.75, 3.05) is 0 Å². The van der Waals surface area contributed by atoms with Gasteiger partial charge < -0.3 is 15.3 Å². The fourth-order valence-corrected chi connectivity index (χ4v) is 4.46. The molecule has 180 valence electrons. The lowest BCUT2D eigenvalue weighted by molar-refractivity contribution is 0.103. The minimum atomic E-state index is -0.445. The van der Waals surface area contributed by atoms with Crippen LogP contribution >= 0.6 is 0 Å². The van der Waals surface area contributed by atoms with E-state index in [0.29, 0.717) is 22.3 Å². The molecule has 0 bridgehead atoms. The third kappa shape index (κ3) is 4.34. The Labute approximate surface area is 213 Å². The molecule has 5 aromatic carbocycles. The SMILES string of the molecule is O=C(c1ccccc1)c1ccccc1-c1c(O)cc(O)c(-c2ccccc2C(=O)c2ccccc2)c1O. The average Bonchev–Trinajstić information content (AvgIpc) is 2.93. The van der Waals surface area contributed by atoms with Gasteiger partial charge in [-0.1, -0.05) is 109 Å². The van der Waals surface area contributed by atoms with Gasteiger partial charge in [0.15, 0.2) is 11.6 Å². The van der Waals surface area contributed by atoms with Crippen molar-refractivity contribution in [2.45, 2.75) is 0 Å². The summed E-state index contributed by atoms with van der Waals surface area (Å²) in [5.41, 5.74) is 1.98. The first kappa shape index (κ1) is 23.6. The van der Waals surface area contributed by atoms with Crippen LogP contribution in [0.15, 0.2) is 115 Å². The van der Waals surface area contributed by atoms with Crippen LogP contribution in [-0.2, 0) is 0 Å². The Morgan fingerprint density at radius 1 is 0.459 bits per heavy atom. The first-order valence-electron chi connectivity index (χ1n) is 11.6. The Hall–Kier alpha value is -5.16. The summed E-state index contributed by atoms with van der Waals surface area (Å²) in [6, 6.07) is 31.7. The highest BCUT2D eigenvalue weighted by Crippen LogP contribution is 2.50. The van der Waals surface area contributed by atoms with Crippen molar-refractivity contribution in [1.29, 1.82) is 0 Å². The van der Waals surface area contributed by atoms with E-state index in [1.54, 1.807) is 109 Å². The maximum Gasteiger partial charge on any atom is 0.193 e. The summed E-state index contributed by atoms with van der Waals surface area (Å²) in [5.74, 6) is -1.83. The second-order valence-electron chi connectivity index (χ2n) is 8.49. The third-order valence-corrected chi connectivity index (χ3v) is 6.21. The zero-order chi connectivity index (χ0) is 25.9. The summed E-state index contributed by atoms with van der Waals surface area (Å²) in [7, 11) is 0. The highest BCUT2D eigenvalue weighted by atomic mass is 16.3. The normalized spacial score (nSPS) is 10.7. The molecule has 0 amide bonds. The van der Waals surface area contributed by atoms with Gasteiger partial charge in [0.05, 0.1) is 11.1 Å². The van der Waals surface area contributed by atoms with Crippen LogP contribution in [0.1, 0.15) is 31.8 Å². The van der Waals surface area contributed by atoms with Gasteiger partial charge in [-0.25, -0.2) is 0 Å². The van der Waals surface area contributed by atoms with E-state index in [4.69, 9.17) is 0 Å². The molecule has 0 heterocycles. The van der Waals surface area contributed by atoms with Crippen molar-refractivity contribution in [3.8, 4) is 39.5 Å². The zero-order valence-corrected chi connectivity index (χ0v) is 19.6. The molecule has 3 N–H and O–H groups in total. The van der Waals surface area contributed by atoms with Crippen LogP contribution in [0.25, 0.3) is 22.3 Å². The number of phenolic OH excluding ortho intramolecular Hbond substituents is 3. The van der Waals surface area contributed by atoms with Gasteiger partial charge in [-0.2, -0.15) is 0 Å². The lowest BCUT2D eigenvalue weighted by Gasteiger charge is -2.18. The molecule has 0 fully saturated rings. The van der Waals surface area contributed by atoms with Crippen LogP contribution in [-0.4, -0.2) is 26.9 Å². The highest BCUT2D eigenvalue weighted by molar-refractivity contribution is 6.15. The Balaban J connectivity index is 1.71. The topological polar surface area (TPSA) is 94.8 Å². The van der Waals surface area contributed by atoms with Crippen molar-refractivity contribution in [3.05, 3.63) is 138 Å². The van der Waals surface area contributed by atoms with E-state index in [9.17, 15) is 24.9 Å². The largest absolute Gasteiger partial charge is 0.507 e. The smallest absolute Gasteiger partial charge is 0.193 e. The molecule has 0 radical (unpaired) electrons. The molecule has 0 spiro atoms. The van der Waals surface area contributed by atoms with E-state index in [-0.39, 0.29) is 33.8 Å². The lowest BCUT2D eigenvalue weighted by atomic mass is 9.88. The van der Waals surface area contributed by atoms with Gasteiger partial charge in [0.2, 0.25) is 0 Å². The number of aromatic hydroxyl groups is 3. The van der Waals surface area contributed by atoms with E-state index >= 15 is 0 Å². The van der Waals surface area contributed by atoms with Gasteiger partial charge in [0.1, 0.15) is 17.2 Å². The van der Waals surface area contributed by atoms with Gasteiger partial charge >= 0.3 is 0 Å². The number of carbonyl (C=O) groups excluding carboxylic acids is 2. The third-order valence-electron chi connectivity index (χ3n) is 6.21. The molecular weight excluding hydrogens is 464 g/mol. The molecule has 0 aliphatic rings. The fraction of sp³-hybridized carbons (Fsp3) is 0. The molecule has 0 unspecified atom stereocenters. The van der Waals surface area contributed by atoms with Gasteiger partial charge in [-0.15, -0.1) is 0 Å². The first-order valence-corrected chi connectivity index (χ1v) is 11.6. The molecule has 0 atom stereocenters. The number of benzene rings is 5. The standard InChI is InChI=1S/C32H22O5/c33-26-19-27(34)29(23-16-8-10-18-25(23)31(36)21-13-5-2-6-14-21)32(37)28(26)22-15-7-9-17-24(22)30(35)20-11-3-1-4-12-20/h1-19,33-34,37H. The Morgan fingerprint density at radius 2 is 0.811 bits per heavy atom. The molecule has 0 saturated carbocycles. The van der Waals surface area contributed by atoms with E-state index in [1.165, 1.54) is 0 Å². The lowest BCUT2D eigenvalue weighted by Crippen LogP contribution is -2.05. The quantitative estimate of drug-likeness (QED) is 0.235. The predicted molar refractivity (Wildman–Crippen MR) is 142 cm³/mol. The number of hydrogen-bond acceptors (Lipinski definition) is 5. The molecule has 0 aliphatic heterocycles. The minimum absolute atomic E-state index is 0.0188. The molecule has 5 nitrogen and oxygen atoms in total. The predicted octanol–water partition coefficient (Wildman–Crippen LogP) is 6.60. The molecular formula is C32H22O5. The van der Waals surface area contributed by atoms with Crippen molar-refractivity contribution in [3.63, 3.8) is 0 Å². The average molecular weight is 487 g/mol. The van der Waals surface area contributed by atoms with E-state index in [2.05, 4.69) is 0 Å². The summed E-state index contributed by atoms with van der Waals surface area (Å²) < 4.78 is 0. The van der Waals surface area contributed by atoms with Gasteiger partial charge in [-0.3, -0.25) is 9.59 Å². The molecule has 37 heavy (non-hydrogen) atoms. The molecule has 5 heteroatoms. The summed E-state index contributed by atoms with van der Waals surface area (Å²) >= 11 is 0. The van der Waals surface area contributed by atoms with Crippen LogP contribution in [0.3, 0.4) is 0 Å². The number of carbonyl (C=O) groups is 2. The summed E-state index contributed by atoms with van der Waals surface area (Å²) in [6.07, 6.45) is 0. The number of rotatable bonds is 6. The van der Waals surface area contributed by atoms with Crippen LogP contribution in [0.5, 0.6) is 17.2 Å². The van der Waals surface area contributed by atoms with Gasteiger partial charge in [-0.05, 0) is 0 Å². The number of hydrogen-bond donors (Lipinski definition) is 3. The second kappa shape index (κ2) is 9.84. The minimum Gasteiger partial charge on any atom is -0.507 e. The molecule has 5 rings (SSSR count). The van der Waals surface area contributed by atoms with Crippen LogP contribution in [0.2, 0.25) is 0 Å². The molecule has 0 aromatic heterocycles. The maximum atomic E-state index is 13.3. The Bertz CT molecular complexity index is 1500. The van der Waals surface area contributed by atoms with Gasteiger partial charge in [0.25, 0.3) is 0 Å². The molecule has 0 saturated heterocycles. The van der Waals surface area contributed by atoms with E-state index in [0.717, 1.165) is 6.07 Å². The Morgan fingerprint density at radius 3 is 1.22 bits per heavy atom. The van der Waals surface area contributed by atoms with Crippen molar-refractivity contribution in [2.24, 2.45) is 0 Å². The number of phenols is 3. The summed E-state index contributed by atoms with van der Waals surface area (Å²) in [5, 5.41) is 33.1. The monoisotopic (exact) mass is 486 g/mol. The van der Waals surface area contributed by atoms with Crippen molar-refractivity contribution in [1.82, 2.24) is 0 Å². The maximum absolute atomic E-state index is 13.3. The summed E-state index contributed by atoms with van der Waals surface area (Å²) in [4.78, 5) is 26.7. The molecule has 0 aliphatic carbocycles. The highest BCUT2D eigenvalue weighted by Gasteiger charge is 2.26. The van der Waals surface area contributed by atoms with Crippen molar-refractivity contribution >= 4 is 11.6 Å². The second-order valence-corrected chi connectivity index (χ2v) is 8.49. The fourth-order valence-electron chi connectivity index (χ4n) is 4.46. The summed E-state index contributed by atoms with van der Waals surface area (Å²) in [6.45, 7) is 0. The number of ketones is 2. The molecule has 5 aromatic rings. The van der Waals surface area contributed by atoms with Crippen LogP contribution in [0.4, 0.5) is 0 Å². The van der Waals surface area contributed by atoms with E-state index in [1.807, 2.05) is 0 Å². The van der Waals surface area contributed by atoms with Crippen molar-refractivity contribution < 1.29 is 24.9 Å². The van der Waals surface area contributed by atoms with Crippen LogP contribution in [0, 0.1) is 0 Å². The van der Waals surface area contributed by atoms with E-state index < -0.39 is 17.2 Å².